The van der Waals surface area contributed by atoms with Crippen LogP contribution in [0.5, 0.6) is 0 Å². The van der Waals surface area contributed by atoms with Crippen LogP contribution in [0.2, 0.25) is 0 Å². The van der Waals surface area contributed by atoms with Crippen LogP contribution in [0.4, 0.5) is 4.39 Å². The maximum Gasteiger partial charge on any atom is 0.246 e. The lowest BCUT2D eigenvalue weighted by molar-refractivity contribution is 0.392. The molecular weight excluding hydrogens is 279 g/mol. The van der Waals surface area contributed by atoms with Gasteiger partial charge in [-0.2, -0.15) is 4.31 Å². The highest BCUT2D eigenvalue weighted by atomic mass is 32.2. The first kappa shape index (κ1) is 15.4. The Hall–Kier alpha value is -0.980. The van der Waals surface area contributed by atoms with Crippen LogP contribution in [0.15, 0.2) is 23.1 Å². The Labute approximate surface area is 119 Å². The van der Waals surface area contributed by atoms with Crippen molar-refractivity contribution in [2.45, 2.75) is 50.1 Å². The van der Waals surface area contributed by atoms with Gasteiger partial charge < -0.3 is 5.73 Å². The molecule has 0 radical (unpaired) electrons. The van der Waals surface area contributed by atoms with E-state index in [1.807, 2.05) is 6.92 Å². The minimum atomic E-state index is -3.77. The van der Waals surface area contributed by atoms with Gasteiger partial charge >= 0.3 is 0 Å². The largest absolute Gasteiger partial charge is 0.326 e. The Balaban J connectivity index is 2.36. The number of sulfonamides is 1. The summed E-state index contributed by atoms with van der Waals surface area (Å²) < 4.78 is 40.7. The van der Waals surface area contributed by atoms with Crippen LogP contribution in [0.1, 0.15) is 38.2 Å². The Morgan fingerprint density at radius 3 is 2.65 bits per heavy atom. The van der Waals surface area contributed by atoms with Crippen molar-refractivity contribution in [2.75, 3.05) is 6.54 Å². The third kappa shape index (κ3) is 3.19. The van der Waals surface area contributed by atoms with Crippen LogP contribution in [0.3, 0.4) is 0 Å². The summed E-state index contributed by atoms with van der Waals surface area (Å²) in [6.45, 7) is 2.66. The zero-order valence-corrected chi connectivity index (χ0v) is 12.5. The van der Waals surface area contributed by atoms with Crippen molar-refractivity contribution in [1.29, 1.82) is 0 Å². The predicted octanol–water partition coefficient (Wildman–Crippen LogP) is 2.24. The molecule has 0 saturated heterocycles. The molecule has 0 heterocycles. The van der Waals surface area contributed by atoms with Gasteiger partial charge in [-0.05, 0) is 37.0 Å². The molecule has 0 spiro atoms. The standard InChI is InChI=1S/C14H21FN2O2S/c1-2-3-8-17(12-5-6-12)20(18,19)14-9-11(10-16)4-7-13(14)15/h4,7,9,12H,2-3,5-6,8,10,16H2,1H3. The molecule has 112 valence electrons. The molecule has 2 N–H and O–H groups in total. The zero-order valence-electron chi connectivity index (χ0n) is 11.7. The molecule has 1 aliphatic carbocycles. The molecule has 0 aliphatic heterocycles. The zero-order chi connectivity index (χ0) is 14.8. The van der Waals surface area contributed by atoms with Gasteiger partial charge in [-0.1, -0.05) is 19.4 Å². The van der Waals surface area contributed by atoms with Crippen LogP contribution in [-0.4, -0.2) is 25.3 Å². The molecule has 1 fully saturated rings. The van der Waals surface area contributed by atoms with Crippen molar-refractivity contribution in [1.82, 2.24) is 4.31 Å². The van der Waals surface area contributed by atoms with Crippen LogP contribution in [0, 0.1) is 5.82 Å². The van der Waals surface area contributed by atoms with E-state index in [1.165, 1.54) is 22.5 Å². The van der Waals surface area contributed by atoms with Crippen molar-refractivity contribution in [2.24, 2.45) is 5.73 Å². The summed E-state index contributed by atoms with van der Waals surface area (Å²) in [5, 5.41) is 0. The van der Waals surface area contributed by atoms with Gasteiger partial charge in [-0.3, -0.25) is 0 Å². The van der Waals surface area contributed by atoms with Crippen LogP contribution < -0.4 is 5.73 Å². The van der Waals surface area contributed by atoms with Gasteiger partial charge in [0.2, 0.25) is 10.0 Å². The molecule has 20 heavy (non-hydrogen) atoms. The third-order valence-corrected chi connectivity index (χ3v) is 5.47. The quantitative estimate of drug-likeness (QED) is 0.840. The summed E-state index contributed by atoms with van der Waals surface area (Å²) in [4.78, 5) is -0.247. The molecule has 0 amide bonds. The first-order valence-corrected chi connectivity index (χ1v) is 8.45. The molecule has 1 aliphatic rings. The molecule has 6 heteroatoms. The minimum Gasteiger partial charge on any atom is -0.326 e. The molecule has 0 unspecified atom stereocenters. The average molecular weight is 300 g/mol. The lowest BCUT2D eigenvalue weighted by Crippen LogP contribution is -2.34. The van der Waals surface area contributed by atoms with Crippen molar-refractivity contribution >= 4 is 10.0 Å². The monoisotopic (exact) mass is 300 g/mol. The van der Waals surface area contributed by atoms with Gasteiger partial charge in [0.15, 0.2) is 0 Å². The topological polar surface area (TPSA) is 63.4 Å². The number of benzene rings is 1. The average Bonchev–Trinajstić information content (AvgIpc) is 3.24. The van der Waals surface area contributed by atoms with E-state index in [0.717, 1.165) is 25.7 Å². The first-order valence-electron chi connectivity index (χ1n) is 7.01. The second kappa shape index (κ2) is 6.20. The van der Waals surface area contributed by atoms with Gasteiger partial charge in [0.1, 0.15) is 10.7 Å². The van der Waals surface area contributed by atoms with E-state index < -0.39 is 15.8 Å². The van der Waals surface area contributed by atoms with Gasteiger partial charge in [-0.15, -0.1) is 0 Å². The fraction of sp³-hybridized carbons (Fsp3) is 0.571. The van der Waals surface area contributed by atoms with Gasteiger partial charge in [-0.25, -0.2) is 12.8 Å². The molecule has 1 saturated carbocycles. The second-order valence-corrected chi connectivity index (χ2v) is 7.03. The van der Waals surface area contributed by atoms with Crippen molar-refractivity contribution in [3.8, 4) is 0 Å². The molecule has 4 nitrogen and oxygen atoms in total. The highest BCUT2D eigenvalue weighted by molar-refractivity contribution is 7.89. The third-order valence-electron chi connectivity index (χ3n) is 3.50. The van der Waals surface area contributed by atoms with Crippen molar-refractivity contribution in [3.05, 3.63) is 29.6 Å². The SMILES string of the molecule is CCCCN(C1CC1)S(=O)(=O)c1cc(CN)ccc1F. The van der Waals surface area contributed by atoms with Crippen LogP contribution in [0.25, 0.3) is 0 Å². The molecule has 1 aromatic rings. The van der Waals surface area contributed by atoms with Crippen molar-refractivity contribution < 1.29 is 12.8 Å². The summed E-state index contributed by atoms with van der Waals surface area (Å²) in [7, 11) is -3.77. The predicted molar refractivity (Wildman–Crippen MR) is 76.1 cm³/mol. The Morgan fingerprint density at radius 2 is 2.10 bits per heavy atom. The lowest BCUT2D eigenvalue weighted by Gasteiger charge is -2.22. The summed E-state index contributed by atoms with van der Waals surface area (Å²) in [5.41, 5.74) is 6.13. The van der Waals surface area contributed by atoms with E-state index in [-0.39, 0.29) is 17.5 Å². The second-order valence-electron chi connectivity index (χ2n) is 5.17. The molecule has 1 aromatic carbocycles. The molecule has 0 bridgehead atoms. The maximum absolute atomic E-state index is 13.9. The van der Waals surface area contributed by atoms with Gasteiger partial charge in [0, 0.05) is 19.1 Å². The van der Waals surface area contributed by atoms with E-state index in [0.29, 0.717) is 12.1 Å². The normalized spacial score (nSPS) is 15.8. The summed E-state index contributed by atoms with van der Waals surface area (Å²) in [5.74, 6) is -0.704. The van der Waals surface area contributed by atoms with E-state index in [2.05, 4.69) is 0 Å². The number of nitrogens with two attached hydrogens (primary N) is 1. The summed E-state index contributed by atoms with van der Waals surface area (Å²) in [6, 6.07) is 4.08. The number of hydrogen-bond acceptors (Lipinski definition) is 3. The Kier molecular flexibility index (Phi) is 4.78. The number of unbranched alkanes of at least 4 members (excludes halogenated alkanes) is 1. The summed E-state index contributed by atoms with van der Waals surface area (Å²) in [6.07, 6.45) is 3.42. The number of halogens is 1. The van der Waals surface area contributed by atoms with E-state index in [1.54, 1.807) is 0 Å². The molecule has 0 aromatic heterocycles. The fourth-order valence-electron chi connectivity index (χ4n) is 2.17. The first-order chi connectivity index (χ1) is 9.50. The summed E-state index contributed by atoms with van der Waals surface area (Å²) >= 11 is 0. The van der Waals surface area contributed by atoms with Gasteiger partial charge in [0.25, 0.3) is 0 Å². The van der Waals surface area contributed by atoms with E-state index in [9.17, 15) is 12.8 Å². The smallest absolute Gasteiger partial charge is 0.246 e. The molecule has 2 rings (SSSR count). The minimum absolute atomic E-state index is 0.0347. The molecule has 0 atom stereocenters. The number of rotatable bonds is 7. The highest BCUT2D eigenvalue weighted by Gasteiger charge is 2.38. The lowest BCUT2D eigenvalue weighted by atomic mass is 10.2. The maximum atomic E-state index is 13.9. The van der Waals surface area contributed by atoms with E-state index >= 15 is 0 Å². The number of hydrogen-bond donors (Lipinski definition) is 1. The van der Waals surface area contributed by atoms with E-state index in [4.69, 9.17) is 5.73 Å². The Morgan fingerprint density at radius 1 is 1.40 bits per heavy atom. The number of nitrogens with zero attached hydrogens (tertiary/aromatic N) is 1. The van der Waals surface area contributed by atoms with Gasteiger partial charge in [0.05, 0.1) is 0 Å². The van der Waals surface area contributed by atoms with Crippen molar-refractivity contribution in [3.63, 3.8) is 0 Å². The highest BCUT2D eigenvalue weighted by Crippen LogP contribution is 2.33. The fourth-order valence-corrected chi connectivity index (χ4v) is 4.01. The van der Waals surface area contributed by atoms with Crippen LogP contribution >= 0.6 is 0 Å². The Bertz CT molecular complexity index is 571. The van der Waals surface area contributed by atoms with Crippen LogP contribution in [-0.2, 0) is 16.6 Å². The molecular formula is C14H21FN2O2S.